The number of carbonyl (C=O) groups excluding carboxylic acids is 1. The Bertz CT molecular complexity index is 1130. The van der Waals surface area contributed by atoms with E-state index in [4.69, 9.17) is 10.8 Å². The lowest BCUT2D eigenvalue weighted by molar-refractivity contribution is 0.0693. The van der Waals surface area contributed by atoms with Crippen molar-refractivity contribution in [1.82, 2.24) is 0 Å². The molecule has 3 aromatic carbocycles. The summed E-state index contributed by atoms with van der Waals surface area (Å²) in [5.41, 5.74) is 6.87. The number of hydrogen-bond acceptors (Lipinski definition) is 5. The van der Waals surface area contributed by atoms with Crippen LogP contribution in [-0.2, 0) is 11.3 Å². The van der Waals surface area contributed by atoms with Crippen LogP contribution >= 0.6 is 0 Å². The van der Waals surface area contributed by atoms with Crippen molar-refractivity contribution in [3.05, 3.63) is 77.9 Å². The molecule has 3 aromatic rings. The molecule has 3 rings (SSSR count). The summed E-state index contributed by atoms with van der Waals surface area (Å²) in [6.07, 6.45) is 0. The first-order chi connectivity index (χ1) is 13.8. The van der Waals surface area contributed by atoms with Crippen molar-refractivity contribution in [2.75, 3.05) is 4.31 Å². The number of carboxylic acid groups (broad SMARTS) is 1. The molecule has 0 spiro atoms. The topological polar surface area (TPSA) is 144 Å². The number of aromatic hydroxyl groups is 1. The first-order valence-corrected chi connectivity index (χ1v) is 9.27. The summed E-state index contributed by atoms with van der Waals surface area (Å²) in [6.45, 7) is 0. The zero-order valence-electron chi connectivity index (χ0n) is 14.8. The van der Waals surface area contributed by atoms with Gasteiger partial charge in [-0.05, 0) is 47.5 Å². The number of carbonyl (C=O) groups is 2. The minimum Gasteiger partial charge on any atom is -0.755 e. The summed E-state index contributed by atoms with van der Waals surface area (Å²) in [4.78, 5) is 22.5. The second kappa shape index (κ2) is 8.13. The van der Waals surface area contributed by atoms with Gasteiger partial charge in [0.1, 0.15) is 11.3 Å². The van der Waals surface area contributed by atoms with E-state index in [0.29, 0.717) is 16.7 Å². The highest BCUT2D eigenvalue weighted by molar-refractivity contribution is 7.81. The normalized spacial score (nSPS) is 11.6. The lowest BCUT2D eigenvalue weighted by Crippen LogP contribution is -2.19. The van der Waals surface area contributed by atoms with E-state index in [0.717, 1.165) is 16.4 Å². The number of anilines is 2. The number of nitrogens with two attached hydrogens (primary N) is 1. The van der Waals surface area contributed by atoms with Crippen molar-refractivity contribution in [2.45, 2.75) is 0 Å². The van der Waals surface area contributed by atoms with Crippen LogP contribution in [0.4, 0.5) is 11.4 Å². The van der Waals surface area contributed by atoms with Gasteiger partial charge in [-0.2, -0.15) is 0 Å². The maximum Gasteiger partial charge on any atom is 0.339 e. The second-order valence-electron chi connectivity index (χ2n) is 6.01. The third-order valence-electron chi connectivity index (χ3n) is 4.16. The van der Waals surface area contributed by atoms with Crippen LogP contribution in [0, 0.1) is 0 Å². The highest BCUT2D eigenvalue weighted by Gasteiger charge is 2.16. The number of aromatic carboxylic acids is 1. The Morgan fingerprint density at radius 3 is 2.14 bits per heavy atom. The molecule has 0 aliphatic heterocycles. The van der Waals surface area contributed by atoms with Gasteiger partial charge in [-0.3, -0.25) is 13.3 Å². The van der Waals surface area contributed by atoms with Gasteiger partial charge in [0.05, 0.1) is 22.6 Å². The summed E-state index contributed by atoms with van der Waals surface area (Å²) in [5.74, 6) is -2.48. The monoisotopic (exact) mass is 411 g/mol. The molecule has 1 amide bonds. The summed E-state index contributed by atoms with van der Waals surface area (Å²) in [7, 11) is 0. The number of hydrogen-bond donors (Lipinski definition) is 3. The van der Waals surface area contributed by atoms with Crippen LogP contribution in [0.15, 0.2) is 66.7 Å². The van der Waals surface area contributed by atoms with Crippen molar-refractivity contribution in [1.29, 1.82) is 0 Å². The predicted octanol–water partition coefficient (Wildman–Crippen LogP) is 2.79. The predicted molar refractivity (Wildman–Crippen MR) is 107 cm³/mol. The summed E-state index contributed by atoms with van der Waals surface area (Å²) in [5, 5.41) is 18.9. The van der Waals surface area contributed by atoms with Crippen LogP contribution in [0.1, 0.15) is 20.7 Å². The molecule has 0 aliphatic rings. The second-order valence-corrected chi connectivity index (χ2v) is 6.81. The number of nitrogens with zero attached hydrogens (tertiary/aromatic N) is 1. The van der Waals surface area contributed by atoms with E-state index in [1.807, 2.05) is 0 Å². The molecule has 0 heterocycles. The van der Waals surface area contributed by atoms with Gasteiger partial charge in [-0.1, -0.05) is 24.3 Å². The smallest absolute Gasteiger partial charge is 0.339 e. The van der Waals surface area contributed by atoms with E-state index in [1.54, 1.807) is 48.5 Å². The Labute approximate surface area is 168 Å². The van der Waals surface area contributed by atoms with Crippen LogP contribution in [-0.4, -0.2) is 30.9 Å². The number of primary amides is 1. The molecule has 0 saturated carbocycles. The highest BCUT2D eigenvalue weighted by atomic mass is 32.2. The fourth-order valence-electron chi connectivity index (χ4n) is 2.81. The fourth-order valence-corrected chi connectivity index (χ4v) is 3.38. The van der Waals surface area contributed by atoms with E-state index in [1.165, 1.54) is 6.07 Å². The number of amides is 1. The van der Waals surface area contributed by atoms with Gasteiger partial charge >= 0.3 is 5.97 Å². The molecule has 0 aliphatic carbocycles. The minimum atomic E-state index is -2.76. The largest absolute Gasteiger partial charge is 0.755 e. The molecule has 0 radical (unpaired) electrons. The SMILES string of the molecule is NC(=O)c1cccc(-c2cccc(N(c3ccc(C(=O)O)c(O)c3)S(=O)[O-])c2)c1. The van der Waals surface area contributed by atoms with Gasteiger partial charge in [0.15, 0.2) is 0 Å². The van der Waals surface area contributed by atoms with E-state index < -0.39 is 28.9 Å². The van der Waals surface area contributed by atoms with Crippen molar-refractivity contribution in [3.63, 3.8) is 0 Å². The van der Waals surface area contributed by atoms with Crippen LogP contribution < -0.4 is 10.0 Å². The number of benzene rings is 3. The Morgan fingerprint density at radius 1 is 0.931 bits per heavy atom. The van der Waals surface area contributed by atoms with Gasteiger partial charge in [0.2, 0.25) is 5.91 Å². The molecule has 0 aromatic heterocycles. The Kier molecular flexibility index (Phi) is 5.62. The van der Waals surface area contributed by atoms with Crippen molar-refractivity contribution >= 4 is 34.5 Å². The van der Waals surface area contributed by atoms with Crippen LogP contribution in [0.2, 0.25) is 0 Å². The lowest BCUT2D eigenvalue weighted by atomic mass is 10.0. The molecule has 0 bridgehead atoms. The van der Waals surface area contributed by atoms with E-state index in [2.05, 4.69) is 0 Å². The summed E-state index contributed by atoms with van der Waals surface area (Å²) in [6, 6.07) is 16.5. The number of rotatable bonds is 6. The van der Waals surface area contributed by atoms with Gasteiger partial charge in [0, 0.05) is 11.6 Å². The van der Waals surface area contributed by atoms with E-state index >= 15 is 0 Å². The van der Waals surface area contributed by atoms with Gasteiger partial charge in [-0.25, -0.2) is 4.79 Å². The maximum absolute atomic E-state index is 11.9. The quantitative estimate of drug-likeness (QED) is 0.532. The third kappa shape index (κ3) is 4.26. The molecule has 8 nitrogen and oxygen atoms in total. The molecule has 0 fully saturated rings. The van der Waals surface area contributed by atoms with Crippen molar-refractivity contribution < 1.29 is 28.6 Å². The average Bonchev–Trinajstić information content (AvgIpc) is 2.68. The molecule has 29 heavy (non-hydrogen) atoms. The molecule has 1 unspecified atom stereocenters. The highest BCUT2D eigenvalue weighted by Crippen LogP contribution is 2.33. The molecule has 9 heteroatoms. The van der Waals surface area contributed by atoms with Crippen LogP contribution in [0.5, 0.6) is 5.75 Å². The molecule has 148 valence electrons. The number of phenols is 1. The van der Waals surface area contributed by atoms with E-state index in [9.17, 15) is 23.5 Å². The van der Waals surface area contributed by atoms with E-state index in [-0.39, 0.29) is 16.9 Å². The Balaban J connectivity index is 2.06. The first-order valence-electron chi connectivity index (χ1n) is 8.24. The van der Waals surface area contributed by atoms with Crippen LogP contribution in [0.3, 0.4) is 0 Å². The maximum atomic E-state index is 11.9. The standard InChI is InChI=1S/C20H16N2O6S/c21-19(24)14-5-1-3-12(9-14)13-4-2-6-15(10-13)22(29(27)28)16-7-8-17(20(25)26)18(23)11-16/h1-11,23H,(H2,21,24)(H,25,26)(H,27,28)/p-1. The Hall–Kier alpha value is -3.69. The van der Waals surface area contributed by atoms with Crippen LogP contribution in [0.25, 0.3) is 11.1 Å². The zero-order chi connectivity index (χ0) is 21.1. The Morgan fingerprint density at radius 2 is 1.55 bits per heavy atom. The fraction of sp³-hybridized carbons (Fsp3) is 0. The minimum absolute atomic E-state index is 0.0591. The molecular formula is C20H15N2O6S-. The zero-order valence-corrected chi connectivity index (χ0v) is 15.6. The molecule has 4 N–H and O–H groups in total. The third-order valence-corrected chi connectivity index (χ3v) is 4.88. The van der Waals surface area contributed by atoms with Crippen molar-refractivity contribution in [3.8, 4) is 16.9 Å². The number of carboxylic acids is 1. The molecular weight excluding hydrogens is 396 g/mol. The average molecular weight is 411 g/mol. The van der Waals surface area contributed by atoms with Gasteiger partial charge < -0.3 is 20.5 Å². The van der Waals surface area contributed by atoms with Crippen molar-refractivity contribution in [2.24, 2.45) is 5.73 Å². The van der Waals surface area contributed by atoms with Gasteiger partial charge in [0.25, 0.3) is 0 Å². The summed E-state index contributed by atoms with van der Waals surface area (Å²) >= 11 is -2.76. The summed E-state index contributed by atoms with van der Waals surface area (Å²) < 4.78 is 24.7. The lowest BCUT2D eigenvalue weighted by Gasteiger charge is -2.27. The molecule has 0 saturated heterocycles. The van der Waals surface area contributed by atoms with Gasteiger partial charge in [-0.15, -0.1) is 0 Å². The molecule has 1 atom stereocenters. The first kappa shape index (κ1) is 20.1.